The topological polar surface area (TPSA) is 49.3 Å². The van der Waals surface area contributed by atoms with E-state index in [0.29, 0.717) is 10.7 Å². The van der Waals surface area contributed by atoms with Crippen molar-refractivity contribution in [2.75, 3.05) is 5.32 Å². The summed E-state index contributed by atoms with van der Waals surface area (Å²) >= 11 is 5.80. The van der Waals surface area contributed by atoms with Crippen molar-refractivity contribution < 1.29 is 9.90 Å². The number of hydrogen-bond donors (Lipinski definition) is 2. The molecule has 104 valence electrons. The number of rotatable bonds is 4. The first-order chi connectivity index (χ1) is 9.54. The van der Waals surface area contributed by atoms with E-state index in [2.05, 4.69) is 5.32 Å². The molecule has 20 heavy (non-hydrogen) atoms. The van der Waals surface area contributed by atoms with Gasteiger partial charge in [0.15, 0.2) is 0 Å². The lowest BCUT2D eigenvalue weighted by Crippen LogP contribution is -2.14. The van der Waals surface area contributed by atoms with E-state index < -0.39 is 6.10 Å². The summed E-state index contributed by atoms with van der Waals surface area (Å²) in [6, 6.07) is 14.4. The number of halogens is 1. The van der Waals surface area contributed by atoms with Crippen molar-refractivity contribution in [3.05, 3.63) is 64.7 Å². The molecule has 0 saturated carbocycles. The number of hydrogen-bond acceptors (Lipinski definition) is 2. The Bertz CT molecular complexity index is 594. The second-order valence-corrected chi connectivity index (χ2v) is 5.09. The van der Waals surface area contributed by atoms with Gasteiger partial charge < -0.3 is 10.4 Å². The van der Waals surface area contributed by atoms with E-state index >= 15 is 0 Å². The van der Waals surface area contributed by atoms with Crippen LogP contribution in [0.4, 0.5) is 5.69 Å². The Kier molecular flexibility index (Phi) is 4.77. The molecule has 0 heterocycles. The summed E-state index contributed by atoms with van der Waals surface area (Å²) in [6.45, 7) is 1.69. The molecule has 4 heteroatoms. The first kappa shape index (κ1) is 14.6. The first-order valence-electron chi connectivity index (χ1n) is 6.37. The third-order valence-electron chi connectivity index (χ3n) is 2.93. The maximum atomic E-state index is 11.9. The van der Waals surface area contributed by atoms with Crippen molar-refractivity contribution in [1.29, 1.82) is 0 Å². The zero-order chi connectivity index (χ0) is 14.5. The number of carbonyl (C=O) groups excluding carboxylic acids is 1. The van der Waals surface area contributed by atoms with E-state index in [9.17, 15) is 9.90 Å². The van der Waals surface area contributed by atoms with Crippen LogP contribution in [0.2, 0.25) is 5.02 Å². The minimum absolute atomic E-state index is 0.102. The molecule has 0 aliphatic heterocycles. The first-order valence-corrected chi connectivity index (χ1v) is 6.75. The number of anilines is 1. The molecular formula is C16H16ClNO2. The lowest BCUT2D eigenvalue weighted by atomic mass is 10.1. The van der Waals surface area contributed by atoms with Gasteiger partial charge in [0.05, 0.1) is 12.5 Å². The van der Waals surface area contributed by atoms with E-state index in [1.54, 1.807) is 37.3 Å². The Morgan fingerprint density at radius 3 is 2.60 bits per heavy atom. The fourth-order valence-corrected chi connectivity index (χ4v) is 2.00. The summed E-state index contributed by atoms with van der Waals surface area (Å²) in [7, 11) is 0. The molecular weight excluding hydrogens is 274 g/mol. The molecule has 1 atom stereocenters. The molecule has 0 bridgehead atoms. The molecule has 0 saturated heterocycles. The lowest BCUT2D eigenvalue weighted by Gasteiger charge is -2.09. The second-order valence-electron chi connectivity index (χ2n) is 4.65. The standard InChI is InChI=1S/C16H16ClNO2/c1-11(19)13-3-2-4-15(10-13)18-16(20)9-12-5-7-14(17)8-6-12/h2-8,10-11,19H,9H2,1H3,(H,18,20)/t11-/m1/s1. The summed E-state index contributed by atoms with van der Waals surface area (Å²) < 4.78 is 0. The molecule has 3 nitrogen and oxygen atoms in total. The van der Waals surface area contributed by atoms with Crippen LogP contribution >= 0.6 is 11.6 Å². The summed E-state index contributed by atoms with van der Waals surface area (Å²) in [5.74, 6) is -0.102. The zero-order valence-corrected chi connectivity index (χ0v) is 11.9. The predicted octanol–water partition coefficient (Wildman–Crippen LogP) is 3.57. The van der Waals surface area contributed by atoms with Gasteiger partial charge in [0.1, 0.15) is 0 Å². The lowest BCUT2D eigenvalue weighted by molar-refractivity contribution is -0.115. The van der Waals surface area contributed by atoms with Crippen molar-refractivity contribution >= 4 is 23.2 Å². The minimum atomic E-state index is -0.553. The third kappa shape index (κ3) is 4.08. The Labute approximate surface area is 123 Å². The van der Waals surface area contributed by atoms with Gasteiger partial charge in [-0.3, -0.25) is 4.79 Å². The van der Waals surface area contributed by atoms with Crippen molar-refractivity contribution in [2.45, 2.75) is 19.4 Å². The van der Waals surface area contributed by atoms with E-state index in [4.69, 9.17) is 11.6 Å². The van der Waals surface area contributed by atoms with Gasteiger partial charge in [-0.1, -0.05) is 35.9 Å². The summed E-state index contributed by atoms with van der Waals surface area (Å²) in [6.07, 6.45) is -0.265. The van der Waals surface area contributed by atoms with Gasteiger partial charge in [0.25, 0.3) is 0 Å². The van der Waals surface area contributed by atoms with Crippen LogP contribution in [0.1, 0.15) is 24.2 Å². The largest absolute Gasteiger partial charge is 0.389 e. The maximum absolute atomic E-state index is 11.9. The number of aliphatic hydroxyl groups is 1. The molecule has 2 rings (SSSR count). The Hall–Kier alpha value is -1.84. The fourth-order valence-electron chi connectivity index (χ4n) is 1.87. The van der Waals surface area contributed by atoms with Crippen LogP contribution in [0.5, 0.6) is 0 Å². The summed E-state index contributed by atoms with van der Waals surface area (Å²) in [5.41, 5.74) is 2.36. The molecule has 0 unspecified atom stereocenters. The van der Waals surface area contributed by atoms with Gasteiger partial charge in [-0.25, -0.2) is 0 Å². The summed E-state index contributed by atoms with van der Waals surface area (Å²) in [4.78, 5) is 11.9. The Morgan fingerprint density at radius 2 is 1.95 bits per heavy atom. The molecule has 0 aliphatic carbocycles. The van der Waals surface area contributed by atoms with Crippen molar-refractivity contribution in [3.8, 4) is 0 Å². The summed E-state index contributed by atoms with van der Waals surface area (Å²) in [5, 5.41) is 13.0. The van der Waals surface area contributed by atoms with Crippen LogP contribution in [-0.4, -0.2) is 11.0 Å². The molecule has 0 radical (unpaired) electrons. The third-order valence-corrected chi connectivity index (χ3v) is 3.18. The molecule has 2 aromatic rings. The van der Waals surface area contributed by atoms with Gasteiger partial charge in [-0.2, -0.15) is 0 Å². The van der Waals surface area contributed by atoms with E-state index in [1.807, 2.05) is 18.2 Å². The van der Waals surface area contributed by atoms with E-state index in [-0.39, 0.29) is 12.3 Å². The predicted molar refractivity (Wildman–Crippen MR) is 80.9 cm³/mol. The van der Waals surface area contributed by atoms with Gasteiger partial charge in [-0.15, -0.1) is 0 Å². The molecule has 0 spiro atoms. The van der Waals surface area contributed by atoms with Gasteiger partial charge >= 0.3 is 0 Å². The number of nitrogens with one attached hydrogen (secondary N) is 1. The smallest absolute Gasteiger partial charge is 0.228 e. The Morgan fingerprint density at radius 1 is 1.25 bits per heavy atom. The number of carbonyl (C=O) groups is 1. The highest BCUT2D eigenvalue weighted by atomic mass is 35.5. The van der Waals surface area contributed by atoms with E-state index in [1.165, 1.54) is 0 Å². The minimum Gasteiger partial charge on any atom is -0.389 e. The van der Waals surface area contributed by atoms with Gasteiger partial charge in [0, 0.05) is 10.7 Å². The average molecular weight is 290 g/mol. The quantitative estimate of drug-likeness (QED) is 0.904. The molecule has 1 amide bonds. The molecule has 2 aromatic carbocycles. The highest BCUT2D eigenvalue weighted by molar-refractivity contribution is 6.30. The van der Waals surface area contributed by atoms with Crippen LogP contribution in [-0.2, 0) is 11.2 Å². The normalized spacial score (nSPS) is 11.9. The SMILES string of the molecule is C[C@@H](O)c1cccc(NC(=O)Cc2ccc(Cl)cc2)c1. The maximum Gasteiger partial charge on any atom is 0.228 e. The monoisotopic (exact) mass is 289 g/mol. The highest BCUT2D eigenvalue weighted by Crippen LogP contribution is 2.17. The second kappa shape index (κ2) is 6.55. The molecule has 0 aliphatic rings. The number of benzene rings is 2. The van der Waals surface area contributed by atoms with Crippen LogP contribution in [0.25, 0.3) is 0 Å². The van der Waals surface area contributed by atoms with Crippen LogP contribution in [0, 0.1) is 0 Å². The van der Waals surface area contributed by atoms with Crippen molar-refractivity contribution in [1.82, 2.24) is 0 Å². The van der Waals surface area contributed by atoms with Crippen LogP contribution in [0.3, 0.4) is 0 Å². The number of aliphatic hydroxyl groups excluding tert-OH is 1. The van der Waals surface area contributed by atoms with Crippen molar-refractivity contribution in [2.24, 2.45) is 0 Å². The number of amides is 1. The molecule has 0 aromatic heterocycles. The molecule has 0 fully saturated rings. The van der Waals surface area contributed by atoms with Crippen LogP contribution < -0.4 is 5.32 Å². The molecule has 2 N–H and O–H groups in total. The average Bonchev–Trinajstić information content (AvgIpc) is 2.41. The highest BCUT2D eigenvalue weighted by Gasteiger charge is 2.06. The van der Waals surface area contributed by atoms with Gasteiger partial charge in [0.2, 0.25) is 5.91 Å². The fraction of sp³-hybridized carbons (Fsp3) is 0.188. The van der Waals surface area contributed by atoms with Crippen LogP contribution in [0.15, 0.2) is 48.5 Å². The zero-order valence-electron chi connectivity index (χ0n) is 11.1. The van der Waals surface area contributed by atoms with Crippen molar-refractivity contribution in [3.63, 3.8) is 0 Å². The van der Waals surface area contributed by atoms with E-state index in [0.717, 1.165) is 11.1 Å². The Balaban J connectivity index is 2.01. The van der Waals surface area contributed by atoms with Gasteiger partial charge in [-0.05, 0) is 42.3 Å².